The zero-order valence-electron chi connectivity index (χ0n) is 11.5. The zero-order chi connectivity index (χ0) is 14.2. The average Bonchev–Trinajstić information content (AvgIpc) is 2.52. The first-order chi connectivity index (χ1) is 9.79. The van der Waals surface area contributed by atoms with Gasteiger partial charge in [0.05, 0.1) is 11.6 Å². The van der Waals surface area contributed by atoms with Gasteiger partial charge in [-0.15, -0.1) is 11.8 Å². The molecule has 1 unspecified atom stereocenters. The van der Waals surface area contributed by atoms with Gasteiger partial charge in [-0.3, -0.25) is 0 Å². The molecule has 1 atom stereocenters. The maximum atomic E-state index is 8.78. The number of nitriles is 1. The van der Waals surface area contributed by atoms with Gasteiger partial charge in [0, 0.05) is 23.2 Å². The van der Waals surface area contributed by atoms with Crippen LogP contribution in [0.15, 0.2) is 59.5 Å². The smallest absolute Gasteiger partial charge is 0.0991 e. The van der Waals surface area contributed by atoms with Crippen LogP contribution >= 0.6 is 11.8 Å². The second-order valence-electron chi connectivity index (χ2n) is 4.57. The van der Waals surface area contributed by atoms with E-state index in [-0.39, 0.29) is 0 Å². The van der Waals surface area contributed by atoms with Gasteiger partial charge < -0.3 is 5.32 Å². The van der Waals surface area contributed by atoms with E-state index in [1.165, 1.54) is 10.5 Å². The standard InChI is InChI=1S/C17H18N2S/c1-14(16-9-7-15(13-18)8-10-16)19-11-12-20-17-5-3-2-4-6-17/h2-10,14,19H,11-12H2,1H3. The number of hydrogen-bond acceptors (Lipinski definition) is 3. The first kappa shape index (κ1) is 14.6. The Balaban J connectivity index is 1.74. The quantitative estimate of drug-likeness (QED) is 0.642. The van der Waals surface area contributed by atoms with E-state index in [0.717, 1.165) is 12.3 Å². The lowest BCUT2D eigenvalue weighted by Gasteiger charge is -2.14. The van der Waals surface area contributed by atoms with Crippen molar-refractivity contribution in [1.82, 2.24) is 5.32 Å². The van der Waals surface area contributed by atoms with Crippen LogP contribution < -0.4 is 5.32 Å². The molecule has 0 aliphatic heterocycles. The summed E-state index contributed by atoms with van der Waals surface area (Å²) in [4.78, 5) is 1.31. The Morgan fingerprint density at radius 3 is 2.45 bits per heavy atom. The van der Waals surface area contributed by atoms with Crippen molar-refractivity contribution in [3.05, 3.63) is 65.7 Å². The lowest BCUT2D eigenvalue weighted by Crippen LogP contribution is -2.21. The summed E-state index contributed by atoms with van der Waals surface area (Å²) in [5, 5.41) is 12.3. The molecule has 0 saturated carbocycles. The molecular formula is C17H18N2S. The fourth-order valence-corrected chi connectivity index (χ4v) is 2.73. The van der Waals surface area contributed by atoms with E-state index in [0.29, 0.717) is 11.6 Å². The summed E-state index contributed by atoms with van der Waals surface area (Å²) >= 11 is 1.86. The lowest BCUT2D eigenvalue weighted by atomic mass is 10.1. The molecule has 0 bridgehead atoms. The summed E-state index contributed by atoms with van der Waals surface area (Å²) < 4.78 is 0. The molecule has 0 saturated heterocycles. The van der Waals surface area contributed by atoms with E-state index in [2.05, 4.69) is 42.6 Å². The molecule has 0 amide bonds. The summed E-state index contributed by atoms with van der Waals surface area (Å²) in [6, 6.07) is 20.6. The minimum atomic E-state index is 0.305. The summed E-state index contributed by atoms with van der Waals surface area (Å²) in [5.41, 5.74) is 1.93. The molecule has 3 heteroatoms. The highest BCUT2D eigenvalue weighted by Crippen LogP contribution is 2.17. The van der Waals surface area contributed by atoms with Crippen molar-refractivity contribution in [3.8, 4) is 6.07 Å². The minimum Gasteiger partial charge on any atom is -0.309 e. The highest BCUT2D eigenvalue weighted by atomic mass is 32.2. The predicted molar refractivity (Wildman–Crippen MR) is 84.7 cm³/mol. The van der Waals surface area contributed by atoms with Crippen molar-refractivity contribution in [1.29, 1.82) is 5.26 Å². The lowest BCUT2D eigenvalue weighted by molar-refractivity contribution is 0.601. The molecule has 0 spiro atoms. The molecule has 0 aliphatic carbocycles. The molecule has 20 heavy (non-hydrogen) atoms. The van der Waals surface area contributed by atoms with Crippen LogP contribution in [0, 0.1) is 11.3 Å². The van der Waals surface area contributed by atoms with Crippen LogP contribution in [0.3, 0.4) is 0 Å². The Hall–Kier alpha value is -1.76. The molecule has 1 N–H and O–H groups in total. The summed E-state index contributed by atoms with van der Waals surface area (Å²) in [6.45, 7) is 3.11. The van der Waals surface area contributed by atoms with Gasteiger partial charge in [-0.25, -0.2) is 0 Å². The molecule has 2 rings (SSSR count). The van der Waals surface area contributed by atoms with Gasteiger partial charge in [0.2, 0.25) is 0 Å². The number of rotatable bonds is 6. The first-order valence-corrected chi connectivity index (χ1v) is 7.69. The van der Waals surface area contributed by atoms with Crippen LogP contribution in [0.5, 0.6) is 0 Å². The van der Waals surface area contributed by atoms with Gasteiger partial charge in [-0.2, -0.15) is 5.26 Å². The Labute approximate surface area is 124 Å². The number of thioether (sulfide) groups is 1. The summed E-state index contributed by atoms with van der Waals surface area (Å²) in [6.07, 6.45) is 0. The van der Waals surface area contributed by atoms with Crippen molar-refractivity contribution in [2.75, 3.05) is 12.3 Å². The highest BCUT2D eigenvalue weighted by Gasteiger charge is 2.04. The van der Waals surface area contributed by atoms with Crippen LogP contribution in [-0.2, 0) is 0 Å². The van der Waals surface area contributed by atoms with Gasteiger partial charge in [0.25, 0.3) is 0 Å². The molecule has 0 fully saturated rings. The minimum absolute atomic E-state index is 0.305. The van der Waals surface area contributed by atoms with Gasteiger partial charge >= 0.3 is 0 Å². The highest BCUT2D eigenvalue weighted by molar-refractivity contribution is 7.99. The Morgan fingerprint density at radius 1 is 1.10 bits per heavy atom. The largest absolute Gasteiger partial charge is 0.309 e. The van der Waals surface area contributed by atoms with E-state index in [4.69, 9.17) is 5.26 Å². The van der Waals surface area contributed by atoms with Crippen molar-refractivity contribution in [2.45, 2.75) is 17.9 Å². The van der Waals surface area contributed by atoms with Crippen LogP contribution in [0.25, 0.3) is 0 Å². The van der Waals surface area contributed by atoms with Crippen LogP contribution in [0.2, 0.25) is 0 Å². The SMILES string of the molecule is CC(NCCSc1ccccc1)c1ccc(C#N)cc1. The Bertz CT molecular complexity index is 558. The summed E-state index contributed by atoms with van der Waals surface area (Å²) in [5.74, 6) is 1.05. The van der Waals surface area contributed by atoms with Gasteiger partial charge in [0.15, 0.2) is 0 Å². The maximum Gasteiger partial charge on any atom is 0.0991 e. The maximum absolute atomic E-state index is 8.78. The third-order valence-corrected chi connectivity index (χ3v) is 4.12. The van der Waals surface area contributed by atoms with Crippen molar-refractivity contribution in [3.63, 3.8) is 0 Å². The number of benzene rings is 2. The summed E-state index contributed by atoms with van der Waals surface area (Å²) in [7, 11) is 0. The molecule has 0 aliphatic rings. The Morgan fingerprint density at radius 2 is 1.80 bits per heavy atom. The van der Waals surface area contributed by atoms with Crippen molar-refractivity contribution >= 4 is 11.8 Å². The second-order valence-corrected chi connectivity index (χ2v) is 5.74. The van der Waals surface area contributed by atoms with E-state index >= 15 is 0 Å². The molecule has 2 nitrogen and oxygen atoms in total. The molecule has 0 aromatic heterocycles. The van der Waals surface area contributed by atoms with E-state index in [1.807, 2.05) is 42.1 Å². The number of hydrogen-bond donors (Lipinski definition) is 1. The van der Waals surface area contributed by atoms with Crippen molar-refractivity contribution in [2.24, 2.45) is 0 Å². The van der Waals surface area contributed by atoms with E-state index in [1.54, 1.807) is 0 Å². The number of nitrogens with one attached hydrogen (secondary N) is 1. The third-order valence-electron chi connectivity index (χ3n) is 3.10. The van der Waals surface area contributed by atoms with Crippen LogP contribution in [0.1, 0.15) is 24.1 Å². The fourth-order valence-electron chi connectivity index (χ4n) is 1.93. The number of nitrogens with zero attached hydrogens (tertiary/aromatic N) is 1. The second kappa shape index (κ2) is 7.74. The Kier molecular flexibility index (Phi) is 5.67. The molecule has 2 aromatic rings. The van der Waals surface area contributed by atoms with Crippen LogP contribution in [-0.4, -0.2) is 12.3 Å². The van der Waals surface area contributed by atoms with E-state index in [9.17, 15) is 0 Å². The monoisotopic (exact) mass is 282 g/mol. The molecule has 0 radical (unpaired) electrons. The zero-order valence-corrected chi connectivity index (χ0v) is 12.4. The molecular weight excluding hydrogens is 264 g/mol. The fraction of sp³-hybridized carbons (Fsp3) is 0.235. The molecule has 102 valence electrons. The van der Waals surface area contributed by atoms with Gasteiger partial charge in [0.1, 0.15) is 0 Å². The molecule has 2 aromatic carbocycles. The van der Waals surface area contributed by atoms with Crippen molar-refractivity contribution < 1.29 is 0 Å². The first-order valence-electron chi connectivity index (χ1n) is 6.71. The average molecular weight is 282 g/mol. The topological polar surface area (TPSA) is 35.8 Å². The van der Waals surface area contributed by atoms with Crippen LogP contribution in [0.4, 0.5) is 0 Å². The molecule has 0 heterocycles. The predicted octanol–water partition coefficient (Wildman–Crippen LogP) is 4.00. The van der Waals surface area contributed by atoms with E-state index < -0.39 is 0 Å². The third kappa shape index (κ3) is 4.41. The normalized spacial score (nSPS) is 11.8. The van der Waals surface area contributed by atoms with Gasteiger partial charge in [-0.1, -0.05) is 30.3 Å². The van der Waals surface area contributed by atoms with Gasteiger partial charge in [-0.05, 0) is 36.8 Å².